The minimum atomic E-state index is -0.127. The minimum Gasteiger partial charge on any atom is -0.497 e. The van der Waals surface area contributed by atoms with Crippen LogP contribution < -0.4 is 4.74 Å². The third-order valence-electron chi connectivity index (χ3n) is 3.50. The number of rotatable bonds is 2. The molecule has 0 aliphatic carbocycles. The molecule has 106 valence electrons. The molecule has 0 amide bonds. The molecule has 0 fully saturated rings. The second-order valence-electron chi connectivity index (χ2n) is 4.83. The summed E-state index contributed by atoms with van der Waals surface area (Å²) in [4.78, 5) is 12.8. The number of hydrogen-bond acceptors (Lipinski definition) is 2. The van der Waals surface area contributed by atoms with Gasteiger partial charge in [0.15, 0.2) is 0 Å². The van der Waals surface area contributed by atoms with E-state index in [0.717, 1.165) is 22.3 Å². The largest absolute Gasteiger partial charge is 0.497 e. The number of carbonyl (C=O) groups is 1. The smallest absolute Gasteiger partial charge is 0.264 e. The van der Waals surface area contributed by atoms with Crippen LogP contribution in [0.1, 0.15) is 16.1 Å². The lowest BCUT2D eigenvalue weighted by atomic mass is 10.2. The Morgan fingerprint density at radius 2 is 1.90 bits per heavy atom. The van der Waals surface area contributed by atoms with Crippen molar-refractivity contribution in [3.8, 4) is 5.75 Å². The fourth-order valence-electron chi connectivity index (χ4n) is 2.48. The Morgan fingerprint density at radius 1 is 1.14 bits per heavy atom. The summed E-state index contributed by atoms with van der Waals surface area (Å²) in [6, 6.07) is 14.7. The summed E-state index contributed by atoms with van der Waals surface area (Å²) in [5.74, 6) is 0.642. The molecule has 0 aliphatic heterocycles. The number of hydrogen-bond donors (Lipinski definition) is 0. The quantitative estimate of drug-likeness (QED) is 0.706. The molecule has 2 aromatic carbocycles. The van der Waals surface area contributed by atoms with Crippen LogP contribution in [0, 0.1) is 6.92 Å². The van der Waals surface area contributed by atoms with Crippen molar-refractivity contribution in [1.29, 1.82) is 0 Å². The van der Waals surface area contributed by atoms with E-state index in [9.17, 15) is 4.79 Å². The molecular weight excluding hydrogens is 286 g/mol. The first kappa shape index (κ1) is 13.7. The van der Waals surface area contributed by atoms with Gasteiger partial charge in [-0.2, -0.15) is 0 Å². The van der Waals surface area contributed by atoms with Crippen LogP contribution in [-0.4, -0.2) is 17.6 Å². The number of carbonyl (C=O) groups excluding carboxylic acids is 1. The summed E-state index contributed by atoms with van der Waals surface area (Å²) in [7, 11) is 1.62. The molecule has 0 aliphatic rings. The Hall–Kier alpha value is -2.26. The van der Waals surface area contributed by atoms with Crippen LogP contribution >= 0.6 is 11.6 Å². The first-order chi connectivity index (χ1) is 10.1. The van der Waals surface area contributed by atoms with E-state index in [0.29, 0.717) is 10.6 Å². The first-order valence-corrected chi connectivity index (χ1v) is 6.95. The lowest BCUT2D eigenvalue weighted by Crippen LogP contribution is -2.13. The Labute approximate surface area is 127 Å². The zero-order valence-corrected chi connectivity index (χ0v) is 12.5. The Morgan fingerprint density at radius 3 is 2.62 bits per heavy atom. The van der Waals surface area contributed by atoms with Gasteiger partial charge in [0, 0.05) is 11.1 Å². The molecule has 4 heteroatoms. The fraction of sp³-hybridized carbons (Fsp3) is 0.118. The van der Waals surface area contributed by atoms with Crippen LogP contribution in [0.25, 0.3) is 10.9 Å². The van der Waals surface area contributed by atoms with E-state index in [1.54, 1.807) is 23.8 Å². The van der Waals surface area contributed by atoms with Crippen LogP contribution in [0.15, 0.2) is 48.5 Å². The van der Waals surface area contributed by atoms with E-state index in [1.807, 2.05) is 43.3 Å². The van der Waals surface area contributed by atoms with Crippen molar-refractivity contribution in [3.05, 3.63) is 64.8 Å². The van der Waals surface area contributed by atoms with Gasteiger partial charge in [-0.3, -0.25) is 9.36 Å². The summed E-state index contributed by atoms with van der Waals surface area (Å²) in [6.07, 6.45) is 0. The monoisotopic (exact) mass is 299 g/mol. The number of fused-ring (bicyclic) bond motifs is 1. The molecule has 3 rings (SSSR count). The van der Waals surface area contributed by atoms with Gasteiger partial charge < -0.3 is 4.74 Å². The van der Waals surface area contributed by atoms with E-state index in [2.05, 4.69) is 0 Å². The highest BCUT2D eigenvalue weighted by Crippen LogP contribution is 2.26. The maximum absolute atomic E-state index is 12.8. The van der Waals surface area contributed by atoms with Crippen LogP contribution in [0.4, 0.5) is 0 Å². The van der Waals surface area contributed by atoms with Crippen molar-refractivity contribution in [1.82, 2.24) is 4.57 Å². The van der Waals surface area contributed by atoms with Crippen molar-refractivity contribution in [3.63, 3.8) is 0 Å². The van der Waals surface area contributed by atoms with Gasteiger partial charge in [-0.25, -0.2) is 0 Å². The highest BCUT2D eigenvalue weighted by Gasteiger charge is 2.17. The van der Waals surface area contributed by atoms with Crippen molar-refractivity contribution >= 4 is 28.4 Å². The van der Waals surface area contributed by atoms with E-state index in [1.165, 1.54) is 0 Å². The van der Waals surface area contributed by atoms with Crippen LogP contribution in [0.3, 0.4) is 0 Å². The van der Waals surface area contributed by atoms with Gasteiger partial charge in [0.2, 0.25) is 0 Å². The molecule has 0 atom stereocenters. The van der Waals surface area contributed by atoms with Gasteiger partial charge in [0.1, 0.15) is 5.75 Å². The molecule has 0 radical (unpaired) electrons. The number of aromatic nitrogens is 1. The minimum absolute atomic E-state index is 0.127. The lowest BCUT2D eigenvalue weighted by molar-refractivity contribution is 0.0963. The first-order valence-electron chi connectivity index (χ1n) is 6.57. The molecule has 0 spiro atoms. The molecule has 0 saturated heterocycles. The van der Waals surface area contributed by atoms with Crippen molar-refractivity contribution in [2.75, 3.05) is 7.11 Å². The Balaban J connectivity index is 2.18. The van der Waals surface area contributed by atoms with Crippen molar-refractivity contribution in [2.45, 2.75) is 6.92 Å². The fourth-order valence-corrected chi connectivity index (χ4v) is 2.70. The standard InChI is InChI=1S/C17H14ClNO2/c1-11-9-12-10-13(21-2)7-8-16(12)19(11)17(20)14-5-3-4-6-15(14)18/h3-10H,1-2H3. The van der Waals surface area contributed by atoms with Gasteiger partial charge in [-0.05, 0) is 43.3 Å². The molecule has 3 nitrogen and oxygen atoms in total. The van der Waals surface area contributed by atoms with Gasteiger partial charge in [0.05, 0.1) is 23.2 Å². The summed E-state index contributed by atoms with van der Waals surface area (Å²) >= 11 is 6.13. The molecule has 21 heavy (non-hydrogen) atoms. The molecule has 0 N–H and O–H groups in total. The highest BCUT2D eigenvalue weighted by molar-refractivity contribution is 6.34. The third kappa shape index (κ3) is 2.30. The summed E-state index contributed by atoms with van der Waals surface area (Å²) in [6.45, 7) is 1.90. The number of nitrogens with zero attached hydrogens (tertiary/aromatic N) is 1. The number of benzene rings is 2. The number of halogens is 1. The maximum atomic E-state index is 12.8. The lowest BCUT2D eigenvalue weighted by Gasteiger charge is -2.08. The molecular formula is C17H14ClNO2. The number of aryl methyl sites for hydroxylation is 1. The van der Waals surface area contributed by atoms with E-state index < -0.39 is 0 Å². The zero-order valence-electron chi connectivity index (χ0n) is 11.8. The van der Waals surface area contributed by atoms with Gasteiger partial charge in [-0.15, -0.1) is 0 Å². The van der Waals surface area contributed by atoms with Gasteiger partial charge >= 0.3 is 0 Å². The maximum Gasteiger partial charge on any atom is 0.264 e. The average Bonchev–Trinajstić information content (AvgIpc) is 2.81. The van der Waals surface area contributed by atoms with E-state index in [4.69, 9.17) is 16.3 Å². The Bertz CT molecular complexity index is 836. The number of methoxy groups -OCH3 is 1. The molecule has 0 saturated carbocycles. The second kappa shape index (κ2) is 5.26. The van der Waals surface area contributed by atoms with Crippen molar-refractivity contribution in [2.24, 2.45) is 0 Å². The van der Waals surface area contributed by atoms with Crippen LogP contribution in [-0.2, 0) is 0 Å². The second-order valence-corrected chi connectivity index (χ2v) is 5.24. The van der Waals surface area contributed by atoms with E-state index >= 15 is 0 Å². The SMILES string of the molecule is COc1ccc2c(c1)cc(C)n2C(=O)c1ccccc1Cl. The van der Waals surface area contributed by atoms with Gasteiger partial charge in [-0.1, -0.05) is 23.7 Å². The van der Waals surface area contributed by atoms with E-state index in [-0.39, 0.29) is 5.91 Å². The van der Waals surface area contributed by atoms with Crippen molar-refractivity contribution < 1.29 is 9.53 Å². The normalized spacial score (nSPS) is 10.8. The summed E-state index contributed by atoms with van der Waals surface area (Å²) in [5.41, 5.74) is 2.21. The summed E-state index contributed by atoms with van der Waals surface area (Å²) in [5, 5.41) is 1.42. The molecule has 0 unspecified atom stereocenters. The van der Waals surface area contributed by atoms with Crippen LogP contribution in [0.2, 0.25) is 5.02 Å². The Kier molecular flexibility index (Phi) is 3.43. The number of ether oxygens (including phenoxy) is 1. The predicted molar refractivity (Wildman–Crippen MR) is 84.4 cm³/mol. The third-order valence-corrected chi connectivity index (χ3v) is 3.83. The average molecular weight is 300 g/mol. The molecule has 1 heterocycles. The molecule has 1 aromatic heterocycles. The van der Waals surface area contributed by atoms with Gasteiger partial charge in [0.25, 0.3) is 5.91 Å². The van der Waals surface area contributed by atoms with Crippen LogP contribution in [0.5, 0.6) is 5.75 Å². The summed E-state index contributed by atoms with van der Waals surface area (Å²) < 4.78 is 6.90. The zero-order chi connectivity index (χ0) is 15.0. The topological polar surface area (TPSA) is 31.2 Å². The highest BCUT2D eigenvalue weighted by atomic mass is 35.5. The molecule has 3 aromatic rings. The predicted octanol–water partition coefficient (Wildman–Crippen LogP) is 4.30. The molecule has 0 bridgehead atoms.